The third-order valence-electron chi connectivity index (χ3n) is 3.48. The van der Waals surface area contributed by atoms with Crippen molar-refractivity contribution < 1.29 is 4.79 Å². The predicted octanol–water partition coefficient (Wildman–Crippen LogP) is 1.51. The topological polar surface area (TPSA) is 80.0 Å². The minimum Gasteiger partial charge on any atom is -0.398 e. The fraction of sp³-hybridized carbons (Fsp3) is 0.286. The molecule has 0 saturated carbocycles. The number of piperidine rings is 1. The quantitative estimate of drug-likeness (QED) is 0.711. The van der Waals surface area contributed by atoms with E-state index < -0.39 is 0 Å². The molecule has 0 aliphatic carbocycles. The van der Waals surface area contributed by atoms with E-state index >= 15 is 0 Å². The van der Waals surface area contributed by atoms with Crippen LogP contribution in [0.4, 0.5) is 11.4 Å². The van der Waals surface area contributed by atoms with E-state index in [4.69, 9.17) is 5.73 Å². The van der Waals surface area contributed by atoms with Crippen molar-refractivity contribution in [2.75, 3.05) is 17.6 Å². The standard InChI is InChI=1S/C14H16N4O/c15-12-2-3-13(11-8-16-6-5-10(11)12)18-9-1-4-14(19)17-7-9/h2-3,5-6,8-9,18H,1,4,7,15H2,(H,17,19). The van der Waals surface area contributed by atoms with Gasteiger partial charge in [-0.25, -0.2) is 0 Å². The summed E-state index contributed by atoms with van der Waals surface area (Å²) in [5.41, 5.74) is 7.73. The first-order chi connectivity index (χ1) is 9.24. The molecule has 5 nitrogen and oxygen atoms in total. The Hall–Kier alpha value is -2.30. The monoisotopic (exact) mass is 256 g/mol. The van der Waals surface area contributed by atoms with E-state index in [1.54, 1.807) is 6.20 Å². The summed E-state index contributed by atoms with van der Waals surface area (Å²) in [6, 6.07) is 6.03. The fourth-order valence-corrected chi connectivity index (χ4v) is 2.42. The average Bonchev–Trinajstić information content (AvgIpc) is 2.45. The summed E-state index contributed by atoms with van der Waals surface area (Å²) in [6.07, 6.45) is 4.97. The lowest BCUT2D eigenvalue weighted by Gasteiger charge is -2.25. The lowest BCUT2D eigenvalue weighted by atomic mass is 10.0. The van der Waals surface area contributed by atoms with Crippen LogP contribution in [0.5, 0.6) is 0 Å². The number of nitrogen functional groups attached to an aromatic ring is 1. The molecule has 0 radical (unpaired) electrons. The molecule has 1 unspecified atom stereocenters. The molecule has 1 amide bonds. The molecule has 19 heavy (non-hydrogen) atoms. The van der Waals surface area contributed by atoms with Gasteiger partial charge in [0.2, 0.25) is 5.91 Å². The van der Waals surface area contributed by atoms with Crippen LogP contribution in [-0.4, -0.2) is 23.5 Å². The lowest BCUT2D eigenvalue weighted by molar-refractivity contribution is -0.122. The Labute approximate surface area is 111 Å². The van der Waals surface area contributed by atoms with Crippen LogP contribution in [0.1, 0.15) is 12.8 Å². The molecule has 98 valence electrons. The molecule has 1 fully saturated rings. The van der Waals surface area contributed by atoms with Gasteiger partial charge in [0.15, 0.2) is 0 Å². The van der Waals surface area contributed by atoms with Crippen molar-refractivity contribution in [3.8, 4) is 0 Å². The second-order valence-electron chi connectivity index (χ2n) is 4.81. The highest BCUT2D eigenvalue weighted by Gasteiger charge is 2.18. The molecule has 1 aliphatic rings. The van der Waals surface area contributed by atoms with Crippen LogP contribution >= 0.6 is 0 Å². The number of benzene rings is 1. The predicted molar refractivity (Wildman–Crippen MR) is 75.8 cm³/mol. The Bertz CT molecular complexity index is 616. The third kappa shape index (κ3) is 2.31. The Balaban J connectivity index is 1.89. The molecule has 2 aromatic rings. The van der Waals surface area contributed by atoms with Crippen LogP contribution in [0.25, 0.3) is 10.8 Å². The van der Waals surface area contributed by atoms with Crippen molar-refractivity contribution >= 4 is 28.1 Å². The number of hydrogen-bond donors (Lipinski definition) is 3. The zero-order valence-electron chi connectivity index (χ0n) is 10.5. The SMILES string of the molecule is Nc1ccc(NC2CCC(=O)NC2)c2cnccc12. The molecule has 1 saturated heterocycles. The van der Waals surface area contributed by atoms with Gasteiger partial charge in [0.05, 0.1) is 0 Å². The molecule has 0 bridgehead atoms. The van der Waals surface area contributed by atoms with Gasteiger partial charge < -0.3 is 16.4 Å². The van der Waals surface area contributed by atoms with Gasteiger partial charge in [0.1, 0.15) is 0 Å². The first-order valence-corrected chi connectivity index (χ1v) is 6.39. The summed E-state index contributed by atoms with van der Waals surface area (Å²) in [5.74, 6) is 0.127. The van der Waals surface area contributed by atoms with Crippen LogP contribution in [0.2, 0.25) is 0 Å². The number of nitrogens with two attached hydrogens (primary N) is 1. The summed E-state index contributed by atoms with van der Waals surface area (Å²) in [6.45, 7) is 0.658. The zero-order valence-corrected chi connectivity index (χ0v) is 10.5. The molecule has 3 rings (SSSR count). The molecule has 4 N–H and O–H groups in total. The summed E-state index contributed by atoms with van der Waals surface area (Å²) in [4.78, 5) is 15.3. The molecular weight excluding hydrogens is 240 g/mol. The molecule has 5 heteroatoms. The van der Waals surface area contributed by atoms with Crippen molar-refractivity contribution in [3.63, 3.8) is 0 Å². The van der Waals surface area contributed by atoms with Gasteiger partial charge in [-0.05, 0) is 24.6 Å². The summed E-state index contributed by atoms with van der Waals surface area (Å²) < 4.78 is 0. The number of nitrogens with zero attached hydrogens (tertiary/aromatic N) is 1. The van der Waals surface area contributed by atoms with Crippen molar-refractivity contribution in [2.24, 2.45) is 0 Å². The molecule has 0 spiro atoms. The average molecular weight is 256 g/mol. The second-order valence-corrected chi connectivity index (χ2v) is 4.81. The second kappa shape index (κ2) is 4.76. The molecule has 1 aromatic heterocycles. The van der Waals surface area contributed by atoms with Gasteiger partial charge in [0, 0.05) is 53.5 Å². The number of fused-ring (bicyclic) bond motifs is 1. The highest BCUT2D eigenvalue weighted by molar-refractivity contribution is 6.00. The van der Waals surface area contributed by atoms with Crippen LogP contribution in [-0.2, 0) is 4.79 Å². The van der Waals surface area contributed by atoms with Gasteiger partial charge in [-0.15, -0.1) is 0 Å². The first kappa shape index (κ1) is 11.8. The highest BCUT2D eigenvalue weighted by atomic mass is 16.1. The lowest BCUT2D eigenvalue weighted by Crippen LogP contribution is -2.41. The van der Waals surface area contributed by atoms with Crippen molar-refractivity contribution in [1.82, 2.24) is 10.3 Å². The van der Waals surface area contributed by atoms with Crippen molar-refractivity contribution in [3.05, 3.63) is 30.6 Å². The van der Waals surface area contributed by atoms with E-state index in [9.17, 15) is 4.79 Å². The number of hydrogen-bond acceptors (Lipinski definition) is 4. The smallest absolute Gasteiger partial charge is 0.220 e. The Morgan fingerprint density at radius 2 is 2.21 bits per heavy atom. The number of carbonyl (C=O) groups is 1. The minimum absolute atomic E-state index is 0.127. The van der Waals surface area contributed by atoms with E-state index in [1.807, 2.05) is 24.4 Å². The number of pyridine rings is 1. The Morgan fingerprint density at radius 1 is 1.32 bits per heavy atom. The maximum atomic E-state index is 11.2. The highest BCUT2D eigenvalue weighted by Crippen LogP contribution is 2.28. The largest absolute Gasteiger partial charge is 0.398 e. The first-order valence-electron chi connectivity index (χ1n) is 6.39. The van der Waals surface area contributed by atoms with Gasteiger partial charge in [-0.2, -0.15) is 0 Å². The maximum absolute atomic E-state index is 11.2. The fourth-order valence-electron chi connectivity index (χ4n) is 2.42. The van der Waals surface area contributed by atoms with Gasteiger partial charge in [-0.1, -0.05) is 0 Å². The van der Waals surface area contributed by atoms with Crippen LogP contribution in [0, 0.1) is 0 Å². The van der Waals surface area contributed by atoms with Crippen molar-refractivity contribution in [2.45, 2.75) is 18.9 Å². The maximum Gasteiger partial charge on any atom is 0.220 e. The summed E-state index contributed by atoms with van der Waals surface area (Å²) in [7, 11) is 0. The van der Waals surface area contributed by atoms with Gasteiger partial charge in [0.25, 0.3) is 0 Å². The Morgan fingerprint density at radius 3 is 3.00 bits per heavy atom. The minimum atomic E-state index is 0.127. The zero-order chi connectivity index (χ0) is 13.2. The summed E-state index contributed by atoms with van der Waals surface area (Å²) >= 11 is 0. The van der Waals surface area contributed by atoms with Crippen LogP contribution < -0.4 is 16.4 Å². The van der Waals surface area contributed by atoms with E-state index in [0.29, 0.717) is 13.0 Å². The molecule has 1 aromatic carbocycles. The van der Waals surface area contributed by atoms with E-state index in [1.165, 1.54) is 0 Å². The van der Waals surface area contributed by atoms with E-state index in [-0.39, 0.29) is 11.9 Å². The third-order valence-corrected chi connectivity index (χ3v) is 3.48. The normalized spacial score (nSPS) is 19.2. The van der Waals surface area contributed by atoms with Gasteiger partial charge >= 0.3 is 0 Å². The number of nitrogens with one attached hydrogen (secondary N) is 2. The van der Waals surface area contributed by atoms with Crippen LogP contribution in [0.15, 0.2) is 30.6 Å². The molecule has 1 aliphatic heterocycles. The van der Waals surface area contributed by atoms with Crippen LogP contribution in [0.3, 0.4) is 0 Å². The summed E-state index contributed by atoms with van der Waals surface area (Å²) in [5, 5.41) is 8.34. The number of carbonyl (C=O) groups excluding carboxylic acids is 1. The van der Waals surface area contributed by atoms with E-state index in [2.05, 4.69) is 15.6 Å². The number of rotatable bonds is 2. The number of anilines is 2. The van der Waals surface area contributed by atoms with Gasteiger partial charge in [-0.3, -0.25) is 9.78 Å². The number of aromatic nitrogens is 1. The van der Waals surface area contributed by atoms with E-state index in [0.717, 1.165) is 28.6 Å². The Kier molecular flexibility index (Phi) is 2.95. The van der Waals surface area contributed by atoms with Crippen molar-refractivity contribution in [1.29, 1.82) is 0 Å². The number of amides is 1. The molecule has 1 atom stereocenters. The molecule has 2 heterocycles. The molecular formula is C14H16N4O.